The summed E-state index contributed by atoms with van der Waals surface area (Å²) in [5.74, 6) is 0. The molecule has 0 heterocycles. The topological polar surface area (TPSA) is 57.9 Å². The number of aryl methyl sites for hydroxylation is 1. The molecule has 2 rings (SSSR count). The Kier molecular flexibility index (Phi) is 11.4. The minimum absolute atomic E-state index is 0.140. The van der Waals surface area contributed by atoms with Crippen LogP contribution in [0.15, 0.2) is 54.6 Å². The number of hydrogen-bond acceptors (Lipinski definition) is 3. The molecule has 0 unspecified atom stereocenters. The van der Waals surface area contributed by atoms with Crippen LogP contribution >= 0.6 is 25.3 Å². The van der Waals surface area contributed by atoms with Crippen LogP contribution in [0.5, 0.6) is 0 Å². The molecule has 3 nitrogen and oxygen atoms in total. The smallest absolute Gasteiger partial charge is 0.216 e. The molecule has 23 heavy (non-hydrogen) atoms. The molecule has 0 amide bonds. The van der Waals surface area contributed by atoms with Crippen LogP contribution in [0.4, 0.5) is 0 Å². The molecular formula is C18H19NO2S2. The van der Waals surface area contributed by atoms with E-state index >= 15 is 0 Å². The van der Waals surface area contributed by atoms with Gasteiger partial charge in [-0.15, -0.1) is 25.3 Å². The van der Waals surface area contributed by atoms with Crippen molar-refractivity contribution in [1.82, 2.24) is 0 Å². The lowest BCUT2D eigenvalue weighted by Gasteiger charge is -2.03. The maximum Gasteiger partial charge on any atom is 0.216 e. The Balaban J connectivity index is 0.000000392. The van der Waals surface area contributed by atoms with Crippen molar-refractivity contribution in [2.24, 2.45) is 0 Å². The predicted octanol–water partition coefficient (Wildman–Crippen LogP) is 4.61. The second kappa shape index (κ2) is 12.5. The maximum absolute atomic E-state index is 11.0. The van der Waals surface area contributed by atoms with Gasteiger partial charge in [0.25, 0.3) is 0 Å². The number of nitrogens with zero attached hydrogens (tertiary/aromatic N) is 1. The van der Waals surface area contributed by atoms with Crippen molar-refractivity contribution < 1.29 is 9.59 Å². The van der Waals surface area contributed by atoms with Crippen molar-refractivity contribution in [3.63, 3.8) is 0 Å². The lowest BCUT2D eigenvalue weighted by atomic mass is 10.0. The van der Waals surface area contributed by atoms with Crippen molar-refractivity contribution in [3.8, 4) is 6.57 Å². The Labute approximate surface area is 148 Å². The number of carbonyl (C=O) groups excluding carboxylic acids is 2. The fourth-order valence-electron chi connectivity index (χ4n) is 1.80. The third-order valence-corrected chi connectivity index (χ3v) is 3.29. The molecule has 0 atom stereocenters. The summed E-state index contributed by atoms with van der Waals surface area (Å²) in [7, 11) is 0. The van der Waals surface area contributed by atoms with Crippen LogP contribution < -0.4 is 0 Å². The number of carbonyl (C=O) groups is 2. The molecule has 0 fully saturated rings. The molecule has 0 aromatic heterocycles. The van der Waals surface area contributed by atoms with Crippen LogP contribution in [0.2, 0.25) is 0 Å². The fraction of sp³-hybridized carbons (Fsp3) is 0.167. The van der Waals surface area contributed by atoms with Crippen LogP contribution in [0.25, 0.3) is 0 Å². The highest BCUT2D eigenvalue weighted by Gasteiger charge is 2.04. The zero-order valence-electron chi connectivity index (χ0n) is 12.8. The Morgan fingerprint density at radius 3 is 1.87 bits per heavy atom. The highest BCUT2D eigenvalue weighted by molar-refractivity contribution is 7.97. The van der Waals surface area contributed by atoms with Crippen molar-refractivity contribution in [3.05, 3.63) is 71.3 Å². The van der Waals surface area contributed by atoms with E-state index < -0.39 is 0 Å². The predicted molar refractivity (Wildman–Crippen MR) is 100 cm³/mol. The van der Waals surface area contributed by atoms with E-state index in [4.69, 9.17) is 5.26 Å². The molecule has 5 heteroatoms. The van der Waals surface area contributed by atoms with Gasteiger partial charge in [-0.25, -0.2) is 5.26 Å². The molecule has 0 saturated heterocycles. The van der Waals surface area contributed by atoms with E-state index in [9.17, 15) is 9.59 Å². The third-order valence-electron chi connectivity index (χ3n) is 2.79. The molecule has 2 aromatic carbocycles. The number of hydrogen-bond donors (Lipinski definition) is 2. The normalized spacial score (nSPS) is 8.74. The molecule has 0 N–H and O–H groups in total. The summed E-state index contributed by atoms with van der Waals surface area (Å²) in [6.45, 7) is 5.60. The summed E-state index contributed by atoms with van der Waals surface area (Å²) in [4.78, 5) is 21.5. The lowest BCUT2D eigenvalue weighted by Crippen LogP contribution is -1.96. The van der Waals surface area contributed by atoms with Gasteiger partial charge in [0.2, 0.25) is 10.2 Å². The van der Waals surface area contributed by atoms with Gasteiger partial charge >= 0.3 is 0 Å². The van der Waals surface area contributed by atoms with Gasteiger partial charge in [-0.05, 0) is 12.0 Å². The molecule has 0 bridgehead atoms. The van der Waals surface area contributed by atoms with E-state index in [0.29, 0.717) is 5.56 Å². The van der Waals surface area contributed by atoms with E-state index in [-0.39, 0.29) is 10.2 Å². The van der Waals surface area contributed by atoms with Gasteiger partial charge in [0.05, 0.1) is 0 Å². The van der Waals surface area contributed by atoms with Gasteiger partial charge in [-0.1, -0.05) is 67.9 Å². The molecular weight excluding hydrogens is 326 g/mol. The molecule has 0 spiro atoms. The third kappa shape index (κ3) is 8.24. The van der Waals surface area contributed by atoms with Crippen LogP contribution in [0.1, 0.15) is 39.6 Å². The molecule has 0 aliphatic rings. The van der Waals surface area contributed by atoms with Crippen LogP contribution in [0.3, 0.4) is 0 Å². The zero-order chi connectivity index (χ0) is 17.7. The van der Waals surface area contributed by atoms with Gasteiger partial charge in [-0.2, -0.15) is 0 Å². The van der Waals surface area contributed by atoms with Gasteiger partial charge in [0.15, 0.2) is 0 Å². The number of nitriles is 1. The van der Waals surface area contributed by atoms with Crippen LogP contribution in [-0.2, 0) is 6.42 Å². The van der Waals surface area contributed by atoms with E-state index in [1.54, 1.807) is 12.1 Å². The summed E-state index contributed by atoms with van der Waals surface area (Å²) in [5, 5.41) is 6.18. The Hall–Kier alpha value is -2.03. The minimum atomic E-state index is -0.185. The summed E-state index contributed by atoms with van der Waals surface area (Å²) < 4.78 is 0. The van der Waals surface area contributed by atoms with E-state index in [1.165, 1.54) is 0 Å². The average Bonchev–Trinajstić information content (AvgIpc) is 2.59. The summed E-state index contributed by atoms with van der Waals surface area (Å²) >= 11 is 7.46. The van der Waals surface area contributed by atoms with Gasteiger partial charge < -0.3 is 0 Å². The zero-order valence-corrected chi connectivity index (χ0v) is 14.6. The van der Waals surface area contributed by atoms with Crippen molar-refractivity contribution in [2.45, 2.75) is 19.8 Å². The first-order valence-electron chi connectivity index (χ1n) is 6.91. The minimum Gasteiger partial charge on any atom is -0.282 e. The maximum atomic E-state index is 11.0. The second-order valence-electron chi connectivity index (χ2n) is 4.38. The summed E-state index contributed by atoms with van der Waals surface area (Å²) in [5.41, 5.74) is 2.48. The van der Waals surface area contributed by atoms with E-state index in [1.807, 2.05) is 42.5 Å². The molecule has 0 radical (unpaired) electrons. The Morgan fingerprint density at radius 1 is 0.913 bits per heavy atom. The Morgan fingerprint density at radius 2 is 1.43 bits per heavy atom. The first-order chi connectivity index (χ1) is 11.1. The van der Waals surface area contributed by atoms with Gasteiger partial charge in [0, 0.05) is 17.7 Å². The average molecular weight is 345 g/mol. The molecule has 2 aromatic rings. The SMILES string of the molecule is C#N.CCCc1ccccc1C(=O)S.O=C(S)c1ccccc1. The van der Waals surface area contributed by atoms with Crippen molar-refractivity contribution >= 4 is 35.5 Å². The lowest BCUT2D eigenvalue weighted by molar-refractivity contribution is 0.108. The van der Waals surface area contributed by atoms with Crippen LogP contribution in [-0.4, -0.2) is 10.2 Å². The standard InChI is InChI=1S/C10H12OS.C7H6OS.CHN/c1-2-5-8-6-3-4-7-9(8)10(11)12;8-7(9)6-4-2-1-3-5-6;1-2/h3-4,6-7H,2,5H2,1H3,(H,11,12);1-5H,(H,8,9);1H. The summed E-state index contributed by atoms with van der Waals surface area (Å²) in [6, 6.07) is 16.6. The first kappa shape index (κ1) is 21.0. The van der Waals surface area contributed by atoms with Crippen LogP contribution in [0, 0.1) is 11.8 Å². The molecule has 120 valence electrons. The van der Waals surface area contributed by atoms with Crippen molar-refractivity contribution in [1.29, 1.82) is 5.26 Å². The van der Waals surface area contributed by atoms with E-state index in [2.05, 4.69) is 38.8 Å². The van der Waals surface area contributed by atoms with Gasteiger partial charge in [0.1, 0.15) is 0 Å². The quantitative estimate of drug-likeness (QED) is 0.796. The van der Waals surface area contributed by atoms with E-state index in [0.717, 1.165) is 24.0 Å². The molecule has 0 aliphatic heterocycles. The number of rotatable bonds is 4. The highest BCUT2D eigenvalue weighted by Crippen LogP contribution is 2.12. The number of benzene rings is 2. The van der Waals surface area contributed by atoms with Gasteiger partial charge in [-0.3, -0.25) is 9.59 Å². The molecule has 0 aliphatic carbocycles. The highest BCUT2D eigenvalue weighted by atomic mass is 32.1. The largest absolute Gasteiger partial charge is 0.282 e. The molecule has 0 saturated carbocycles. The summed E-state index contributed by atoms with van der Waals surface area (Å²) in [6.07, 6.45) is 2.00. The van der Waals surface area contributed by atoms with Crippen molar-refractivity contribution in [2.75, 3.05) is 0 Å². The fourth-order valence-corrected chi connectivity index (χ4v) is 2.16. The second-order valence-corrected chi connectivity index (χ2v) is 5.20. The monoisotopic (exact) mass is 345 g/mol. The number of thiol groups is 2. The Bertz CT molecular complexity index is 640. The first-order valence-corrected chi connectivity index (χ1v) is 7.81.